The summed E-state index contributed by atoms with van der Waals surface area (Å²) in [7, 11) is 0. The first-order valence-electron chi connectivity index (χ1n) is 12.2. The Morgan fingerprint density at radius 2 is 1.91 bits per heavy atom. The minimum Gasteiger partial charge on any atom is -0.464 e. The monoisotopic (exact) mass is 514 g/mol. The molecule has 0 bridgehead atoms. The molecule has 0 radical (unpaired) electrons. The molecule has 1 aliphatic heterocycles. The van der Waals surface area contributed by atoms with Crippen LogP contribution in [0, 0.1) is 11.8 Å². The number of halogens is 2. The van der Waals surface area contributed by atoms with Gasteiger partial charge < -0.3 is 25.2 Å². The molecule has 1 aromatic carbocycles. The number of piperidine rings is 1. The molecule has 1 saturated heterocycles. The van der Waals surface area contributed by atoms with Gasteiger partial charge in [-0.25, -0.2) is 4.79 Å². The number of aliphatic hydroxyl groups is 1. The number of benzene rings is 1. The average Bonchev–Trinajstić information content (AvgIpc) is 2.84. The van der Waals surface area contributed by atoms with Crippen LogP contribution < -0.4 is 10.6 Å². The zero-order valence-corrected chi connectivity index (χ0v) is 21.1. The van der Waals surface area contributed by atoms with Crippen molar-refractivity contribution in [3.63, 3.8) is 0 Å². The number of carbonyl (C=O) groups is 2. The maximum Gasteiger partial charge on any atom is 0.328 e. The predicted octanol–water partition coefficient (Wildman–Crippen LogP) is 2.65. The van der Waals surface area contributed by atoms with E-state index in [1.165, 1.54) is 0 Å². The predicted molar refractivity (Wildman–Crippen MR) is 132 cm³/mol. The molecular formula is C25H36Cl2N2O5. The Kier molecular flexibility index (Phi) is 10.9. The molecule has 1 aromatic rings. The first-order chi connectivity index (χ1) is 16.4. The van der Waals surface area contributed by atoms with Crippen LogP contribution in [0.3, 0.4) is 0 Å². The molecule has 9 heteroatoms. The van der Waals surface area contributed by atoms with Gasteiger partial charge in [-0.1, -0.05) is 30.3 Å². The molecule has 1 saturated carbocycles. The van der Waals surface area contributed by atoms with Crippen LogP contribution in [0.25, 0.3) is 0 Å². The Bertz CT molecular complexity index is 778. The van der Waals surface area contributed by atoms with E-state index in [2.05, 4.69) is 10.6 Å². The maximum atomic E-state index is 13.1. The molecule has 6 atom stereocenters. The highest BCUT2D eigenvalue weighted by molar-refractivity contribution is 6.25. The van der Waals surface area contributed by atoms with Crippen molar-refractivity contribution >= 4 is 35.1 Å². The van der Waals surface area contributed by atoms with E-state index in [4.69, 9.17) is 32.7 Å². The zero-order chi connectivity index (χ0) is 24.5. The van der Waals surface area contributed by atoms with Gasteiger partial charge in [-0.15, -0.1) is 23.2 Å². The summed E-state index contributed by atoms with van der Waals surface area (Å²) in [4.78, 5) is 25.6. The molecule has 1 heterocycles. The van der Waals surface area contributed by atoms with E-state index in [0.717, 1.165) is 37.9 Å². The van der Waals surface area contributed by atoms with Crippen molar-refractivity contribution in [1.82, 2.24) is 10.6 Å². The molecule has 34 heavy (non-hydrogen) atoms. The summed E-state index contributed by atoms with van der Waals surface area (Å²) in [5.74, 6) is -1.22. The van der Waals surface area contributed by atoms with Gasteiger partial charge in [0, 0.05) is 13.0 Å². The van der Waals surface area contributed by atoms with Crippen LogP contribution in [0.5, 0.6) is 0 Å². The number of aliphatic hydroxyl groups excluding tert-OH is 1. The summed E-state index contributed by atoms with van der Waals surface area (Å²) in [6.07, 6.45) is 1.97. The summed E-state index contributed by atoms with van der Waals surface area (Å²) in [5, 5.41) is 15.6. The van der Waals surface area contributed by atoms with E-state index in [1.54, 1.807) is 6.92 Å². The van der Waals surface area contributed by atoms with Crippen molar-refractivity contribution in [2.24, 2.45) is 11.8 Å². The second kappa shape index (κ2) is 13.6. The van der Waals surface area contributed by atoms with Crippen molar-refractivity contribution < 1.29 is 24.2 Å². The number of hydrogen-bond donors (Lipinski definition) is 3. The smallest absolute Gasteiger partial charge is 0.328 e. The lowest BCUT2D eigenvalue weighted by Gasteiger charge is -2.40. The lowest BCUT2D eigenvalue weighted by molar-refractivity contribution is -0.149. The average molecular weight is 515 g/mol. The number of alkyl halides is 2. The van der Waals surface area contributed by atoms with Crippen molar-refractivity contribution in [3.8, 4) is 0 Å². The Morgan fingerprint density at radius 1 is 1.21 bits per heavy atom. The fourth-order valence-electron chi connectivity index (χ4n) is 4.70. The molecule has 5 unspecified atom stereocenters. The SMILES string of the molecule is CCOC(=O)[C@H](Cc1ccccc1)NC(=O)C1CC(Cl)C(OCCC2CCNCC2)C(Cl)C1O. The first-order valence-corrected chi connectivity index (χ1v) is 13.1. The number of hydrogen-bond acceptors (Lipinski definition) is 6. The van der Waals surface area contributed by atoms with Gasteiger partial charge in [0.1, 0.15) is 6.04 Å². The van der Waals surface area contributed by atoms with Crippen LogP contribution in [0.15, 0.2) is 30.3 Å². The largest absolute Gasteiger partial charge is 0.464 e. The minimum absolute atomic E-state index is 0.204. The van der Waals surface area contributed by atoms with E-state index in [-0.39, 0.29) is 19.4 Å². The lowest BCUT2D eigenvalue weighted by Crippen LogP contribution is -2.56. The van der Waals surface area contributed by atoms with Crippen LogP contribution in [-0.2, 0) is 25.5 Å². The fraction of sp³-hybridized carbons (Fsp3) is 0.680. The van der Waals surface area contributed by atoms with Gasteiger partial charge in [-0.3, -0.25) is 4.79 Å². The Labute approximate surface area is 211 Å². The second-order valence-corrected chi connectivity index (χ2v) is 10.2. The molecule has 3 N–H and O–H groups in total. The van der Waals surface area contributed by atoms with E-state index >= 15 is 0 Å². The number of esters is 1. The van der Waals surface area contributed by atoms with Gasteiger partial charge >= 0.3 is 5.97 Å². The van der Waals surface area contributed by atoms with E-state index in [1.807, 2.05) is 30.3 Å². The lowest BCUT2D eigenvalue weighted by atomic mass is 9.83. The summed E-state index contributed by atoms with van der Waals surface area (Å²) >= 11 is 13.1. The van der Waals surface area contributed by atoms with Crippen LogP contribution in [0.1, 0.15) is 38.2 Å². The van der Waals surface area contributed by atoms with Gasteiger partial charge in [-0.2, -0.15) is 0 Å². The van der Waals surface area contributed by atoms with Crippen LogP contribution in [-0.4, -0.2) is 72.3 Å². The van der Waals surface area contributed by atoms with Gasteiger partial charge in [0.15, 0.2) is 0 Å². The summed E-state index contributed by atoms with van der Waals surface area (Å²) in [6, 6.07) is 8.50. The molecule has 7 nitrogen and oxygen atoms in total. The molecule has 2 aliphatic rings. The van der Waals surface area contributed by atoms with Crippen molar-refractivity contribution in [1.29, 1.82) is 0 Å². The third-order valence-electron chi connectivity index (χ3n) is 6.69. The van der Waals surface area contributed by atoms with Crippen molar-refractivity contribution in [2.45, 2.75) is 68.0 Å². The number of ether oxygens (including phenoxy) is 2. The van der Waals surface area contributed by atoms with Gasteiger partial charge in [-0.05, 0) is 57.2 Å². The zero-order valence-electron chi connectivity index (χ0n) is 19.6. The number of amides is 1. The number of nitrogens with one attached hydrogen (secondary N) is 2. The minimum atomic E-state index is -1.14. The topological polar surface area (TPSA) is 96.9 Å². The Balaban J connectivity index is 1.57. The maximum absolute atomic E-state index is 13.1. The molecule has 0 aromatic heterocycles. The molecule has 190 valence electrons. The van der Waals surface area contributed by atoms with E-state index in [0.29, 0.717) is 12.5 Å². The quantitative estimate of drug-likeness (QED) is 0.328. The molecule has 1 amide bonds. The van der Waals surface area contributed by atoms with Gasteiger partial charge in [0.05, 0.1) is 35.5 Å². The van der Waals surface area contributed by atoms with Crippen molar-refractivity contribution in [3.05, 3.63) is 35.9 Å². The first kappa shape index (κ1) is 27.2. The standard InChI is InChI=1S/C25H36Cl2N2O5/c1-2-33-25(32)20(14-17-6-4-3-5-7-17)29-24(31)18-15-19(26)23(21(27)22(18)30)34-13-10-16-8-11-28-12-9-16/h3-7,16,18-23,28,30H,2,8-15H2,1H3,(H,29,31)/t18?,19?,20-,21?,22?,23?/m0/s1. The fourth-order valence-corrected chi connectivity index (χ4v) is 5.62. The molecular weight excluding hydrogens is 479 g/mol. The molecule has 2 fully saturated rings. The van der Waals surface area contributed by atoms with E-state index in [9.17, 15) is 14.7 Å². The second-order valence-electron chi connectivity index (χ2n) is 9.11. The van der Waals surface area contributed by atoms with Gasteiger partial charge in [0.2, 0.25) is 5.91 Å². The molecule has 1 aliphatic carbocycles. The number of rotatable bonds is 10. The normalized spacial score (nSPS) is 28.8. The summed E-state index contributed by atoms with van der Waals surface area (Å²) in [5.41, 5.74) is 0.887. The Morgan fingerprint density at radius 3 is 2.59 bits per heavy atom. The van der Waals surface area contributed by atoms with Crippen LogP contribution in [0.4, 0.5) is 0 Å². The molecule has 0 spiro atoms. The summed E-state index contributed by atoms with van der Waals surface area (Å²) in [6.45, 7) is 4.49. The van der Waals surface area contributed by atoms with Gasteiger partial charge in [0.25, 0.3) is 0 Å². The van der Waals surface area contributed by atoms with E-state index < -0.39 is 46.8 Å². The highest BCUT2D eigenvalue weighted by Crippen LogP contribution is 2.35. The molecule has 3 rings (SSSR count). The third kappa shape index (κ3) is 7.56. The summed E-state index contributed by atoms with van der Waals surface area (Å²) < 4.78 is 11.1. The number of carbonyl (C=O) groups excluding carboxylic acids is 2. The van der Waals surface area contributed by atoms with Crippen molar-refractivity contribution in [2.75, 3.05) is 26.3 Å². The van der Waals surface area contributed by atoms with Crippen LogP contribution >= 0.6 is 23.2 Å². The third-order valence-corrected chi connectivity index (χ3v) is 7.62. The Hall–Kier alpha value is -1.38. The van der Waals surface area contributed by atoms with Crippen LogP contribution in [0.2, 0.25) is 0 Å². The highest BCUT2D eigenvalue weighted by Gasteiger charge is 2.46. The highest BCUT2D eigenvalue weighted by atomic mass is 35.5.